The lowest BCUT2D eigenvalue weighted by molar-refractivity contribution is 0.664. The van der Waals surface area contributed by atoms with E-state index in [4.69, 9.17) is 5.73 Å². The predicted molar refractivity (Wildman–Crippen MR) is 84.6 cm³/mol. The van der Waals surface area contributed by atoms with Crippen molar-refractivity contribution in [1.29, 1.82) is 0 Å². The first-order valence-electron chi connectivity index (χ1n) is 6.82. The molecule has 1 unspecified atom stereocenters. The van der Waals surface area contributed by atoms with Gasteiger partial charge in [0.2, 0.25) is 5.95 Å². The largest absolute Gasteiger partial charge is 0.337 e. The first-order chi connectivity index (χ1) is 9.78. The van der Waals surface area contributed by atoms with Crippen LogP contribution in [-0.4, -0.2) is 29.1 Å². The van der Waals surface area contributed by atoms with Crippen LogP contribution in [0, 0.1) is 0 Å². The average molecular weight is 333 g/mol. The van der Waals surface area contributed by atoms with Crippen LogP contribution in [0.25, 0.3) is 11.1 Å². The van der Waals surface area contributed by atoms with Crippen molar-refractivity contribution < 1.29 is 0 Å². The van der Waals surface area contributed by atoms with Gasteiger partial charge in [-0.3, -0.25) is 0 Å². The fourth-order valence-corrected chi connectivity index (χ4v) is 2.87. The summed E-state index contributed by atoms with van der Waals surface area (Å²) in [5, 5.41) is 0. The van der Waals surface area contributed by atoms with E-state index in [-0.39, 0.29) is 0 Å². The van der Waals surface area contributed by atoms with Crippen molar-refractivity contribution in [3.63, 3.8) is 0 Å². The van der Waals surface area contributed by atoms with E-state index in [0.717, 1.165) is 34.5 Å². The molecule has 2 N–H and O–H groups in total. The van der Waals surface area contributed by atoms with Gasteiger partial charge in [-0.25, -0.2) is 9.97 Å². The Balaban J connectivity index is 1.82. The van der Waals surface area contributed by atoms with E-state index in [2.05, 4.69) is 42.9 Å². The third kappa shape index (κ3) is 2.69. The summed E-state index contributed by atoms with van der Waals surface area (Å²) in [6.07, 6.45) is 6.07. The highest BCUT2D eigenvalue weighted by molar-refractivity contribution is 9.10. The fourth-order valence-electron chi connectivity index (χ4n) is 2.61. The fraction of sp³-hybridized carbons (Fsp3) is 0.333. The number of nitrogens with zero attached hydrogens (tertiary/aromatic N) is 3. The highest BCUT2D eigenvalue weighted by Gasteiger charge is 2.25. The number of rotatable bonds is 3. The van der Waals surface area contributed by atoms with Gasteiger partial charge in [0.05, 0.1) is 0 Å². The molecule has 1 aliphatic heterocycles. The molecule has 104 valence electrons. The van der Waals surface area contributed by atoms with Gasteiger partial charge in [0.1, 0.15) is 0 Å². The molecule has 0 aliphatic carbocycles. The third-order valence-corrected chi connectivity index (χ3v) is 4.25. The molecular formula is C15H17BrN4. The van der Waals surface area contributed by atoms with Crippen molar-refractivity contribution in [3.05, 3.63) is 41.1 Å². The van der Waals surface area contributed by atoms with Crippen LogP contribution in [0.3, 0.4) is 0 Å². The Morgan fingerprint density at radius 3 is 2.50 bits per heavy atom. The Bertz CT molecular complexity index is 567. The predicted octanol–water partition coefficient (Wildman–Crippen LogP) is 2.83. The summed E-state index contributed by atoms with van der Waals surface area (Å²) >= 11 is 3.44. The number of aromatic nitrogens is 2. The summed E-state index contributed by atoms with van der Waals surface area (Å²) in [5.74, 6) is 0.791. The second-order valence-corrected chi connectivity index (χ2v) is 5.92. The van der Waals surface area contributed by atoms with Crippen molar-refractivity contribution in [1.82, 2.24) is 9.97 Å². The van der Waals surface area contributed by atoms with Gasteiger partial charge in [-0.2, -0.15) is 0 Å². The van der Waals surface area contributed by atoms with Crippen LogP contribution in [0.15, 0.2) is 41.1 Å². The van der Waals surface area contributed by atoms with Crippen LogP contribution >= 0.6 is 15.9 Å². The maximum atomic E-state index is 5.79. The van der Waals surface area contributed by atoms with Gasteiger partial charge < -0.3 is 10.6 Å². The molecule has 5 heteroatoms. The molecule has 1 aliphatic rings. The van der Waals surface area contributed by atoms with E-state index in [1.54, 1.807) is 0 Å². The summed E-state index contributed by atoms with van der Waals surface area (Å²) in [4.78, 5) is 11.2. The number of anilines is 1. The van der Waals surface area contributed by atoms with Crippen LogP contribution in [0.2, 0.25) is 0 Å². The van der Waals surface area contributed by atoms with Crippen molar-refractivity contribution in [2.45, 2.75) is 18.9 Å². The number of benzene rings is 1. The lowest BCUT2D eigenvalue weighted by atomic mass is 10.1. The Labute approximate surface area is 127 Å². The number of hydrogen-bond acceptors (Lipinski definition) is 4. The zero-order valence-electron chi connectivity index (χ0n) is 11.2. The van der Waals surface area contributed by atoms with E-state index >= 15 is 0 Å². The molecular weight excluding hydrogens is 316 g/mol. The van der Waals surface area contributed by atoms with E-state index in [1.807, 2.05) is 24.5 Å². The molecule has 2 aromatic rings. The molecule has 1 atom stereocenters. The second kappa shape index (κ2) is 5.89. The SMILES string of the molecule is NCC1CCCN1c1ncc(-c2ccc(Br)cc2)cn1. The molecule has 3 rings (SSSR count). The van der Waals surface area contributed by atoms with E-state index in [0.29, 0.717) is 12.6 Å². The highest BCUT2D eigenvalue weighted by Crippen LogP contribution is 2.24. The zero-order valence-corrected chi connectivity index (χ0v) is 12.8. The van der Waals surface area contributed by atoms with Crippen molar-refractivity contribution in [3.8, 4) is 11.1 Å². The van der Waals surface area contributed by atoms with Crippen LogP contribution in [0.1, 0.15) is 12.8 Å². The Kier molecular flexibility index (Phi) is 3.98. The second-order valence-electron chi connectivity index (χ2n) is 5.00. The molecule has 1 aromatic heterocycles. The molecule has 0 spiro atoms. The molecule has 1 aromatic carbocycles. The maximum Gasteiger partial charge on any atom is 0.225 e. The standard InChI is InChI=1S/C15H17BrN4/c16-13-5-3-11(4-6-13)12-9-18-15(19-10-12)20-7-1-2-14(20)8-17/h3-6,9-10,14H,1-2,7-8,17H2. The van der Waals surface area contributed by atoms with Gasteiger partial charge in [-0.1, -0.05) is 28.1 Å². The maximum absolute atomic E-state index is 5.79. The first kappa shape index (κ1) is 13.5. The monoisotopic (exact) mass is 332 g/mol. The molecule has 0 amide bonds. The smallest absolute Gasteiger partial charge is 0.225 e. The Morgan fingerprint density at radius 1 is 1.15 bits per heavy atom. The molecule has 0 bridgehead atoms. The van der Waals surface area contributed by atoms with Crippen molar-refractivity contribution in [2.75, 3.05) is 18.0 Å². The van der Waals surface area contributed by atoms with Crippen LogP contribution < -0.4 is 10.6 Å². The van der Waals surface area contributed by atoms with Gasteiger partial charge in [0.25, 0.3) is 0 Å². The van der Waals surface area contributed by atoms with Crippen molar-refractivity contribution in [2.24, 2.45) is 5.73 Å². The minimum Gasteiger partial charge on any atom is -0.337 e. The summed E-state index contributed by atoms with van der Waals surface area (Å²) in [6.45, 7) is 1.66. The van der Waals surface area contributed by atoms with E-state index < -0.39 is 0 Å². The molecule has 0 radical (unpaired) electrons. The number of hydrogen-bond donors (Lipinski definition) is 1. The van der Waals surface area contributed by atoms with Gasteiger partial charge in [-0.15, -0.1) is 0 Å². The summed E-state index contributed by atoms with van der Waals surface area (Å²) in [5.41, 5.74) is 7.95. The minimum atomic E-state index is 0.383. The average Bonchev–Trinajstić information content (AvgIpc) is 2.97. The lowest BCUT2D eigenvalue weighted by Gasteiger charge is -2.23. The quantitative estimate of drug-likeness (QED) is 0.938. The lowest BCUT2D eigenvalue weighted by Crippen LogP contribution is -2.36. The van der Waals surface area contributed by atoms with Gasteiger partial charge in [0.15, 0.2) is 0 Å². The number of nitrogens with two attached hydrogens (primary N) is 1. The van der Waals surface area contributed by atoms with E-state index in [9.17, 15) is 0 Å². The van der Waals surface area contributed by atoms with Crippen LogP contribution in [0.4, 0.5) is 5.95 Å². The highest BCUT2D eigenvalue weighted by atomic mass is 79.9. The topological polar surface area (TPSA) is 55.0 Å². The Morgan fingerprint density at radius 2 is 1.85 bits per heavy atom. The minimum absolute atomic E-state index is 0.383. The summed E-state index contributed by atoms with van der Waals surface area (Å²) in [6, 6.07) is 8.54. The molecule has 4 nitrogen and oxygen atoms in total. The zero-order chi connectivity index (χ0) is 13.9. The molecule has 20 heavy (non-hydrogen) atoms. The molecule has 1 saturated heterocycles. The van der Waals surface area contributed by atoms with Crippen LogP contribution in [0.5, 0.6) is 0 Å². The van der Waals surface area contributed by atoms with Crippen molar-refractivity contribution >= 4 is 21.9 Å². The van der Waals surface area contributed by atoms with Gasteiger partial charge >= 0.3 is 0 Å². The van der Waals surface area contributed by atoms with E-state index in [1.165, 1.54) is 6.42 Å². The molecule has 1 fully saturated rings. The first-order valence-corrected chi connectivity index (χ1v) is 7.62. The summed E-state index contributed by atoms with van der Waals surface area (Å²) < 4.78 is 1.07. The summed E-state index contributed by atoms with van der Waals surface area (Å²) in [7, 11) is 0. The molecule has 2 heterocycles. The number of halogens is 1. The van der Waals surface area contributed by atoms with Crippen LogP contribution in [-0.2, 0) is 0 Å². The normalized spacial score (nSPS) is 18.5. The van der Waals surface area contributed by atoms with Gasteiger partial charge in [0, 0.05) is 41.6 Å². The third-order valence-electron chi connectivity index (χ3n) is 3.72. The Hall–Kier alpha value is -1.46. The molecule has 0 saturated carbocycles. The van der Waals surface area contributed by atoms with Gasteiger partial charge in [-0.05, 0) is 30.5 Å².